The van der Waals surface area contributed by atoms with Gasteiger partial charge in [-0.2, -0.15) is 0 Å². The topological polar surface area (TPSA) is 29.3 Å². The molecule has 2 aromatic rings. The fourth-order valence-electron chi connectivity index (χ4n) is 2.16. The monoisotopic (exact) mass is 274 g/mol. The van der Waals surface area contributed by atoms with E-state index in [4.69, 9.17) is 17.3 Å². The molecule has 2 aromatic carbocycles. The number of hydrogen-bond donors (Lipinski definition) is 1. The summed E-state index contributed by atoms with van der Waals surface area (Å²) in [5.74, 6) is 0. The Labute approximate surface area is 119 Å². The Morgan fingerprint density at radius 3 is 2.58 bits per heavy atom. The average molecular weight is 275 g/mol. The fourth-order valence-corrected chi connectivity index (χ4v) is 2.41. The summed E-state index contributed by atoms with van der Waals surface area (Å²) in [7, 11) is 2.09. The Kier molecular flexibility index (Phi) is 4.46. The summed E-state index contributed by atoms with van der Waals surface area (Å²) in [5, 5.41) is 0.732. The van der Waals surface area contributed by atoms with E-state index >= 15 is 0 Å². The lowest BCUT2D eigenvalue weighted by Gasteiger charge is -2.18. The standard InChI is InChI=1S/C16H19ClN2/c1-12-4-3-5-13(8-12)10-19(2)11-14-6-7-15(18)9-16(14)17/h3-9H,10-11,18H2,1-2H3. The van der Waals surface area contributed by atoms with Gasteiger partial charge < -0.3 is 5.73 Å². The highest BCUT2D eigenvalue weighted by atomic mass is 35.5. The first-order valence-corrected chi connectivity index (χ1v) is 6.70. The minimum atomic E-state index is 0.704. The van der Waals surface area contributed by atoms with Crippen molar-refractivity contribution < 1.29 is 0 Å². The van der Waals surface area contributed by atoms with Crippen molar-refractivity contribution in [3.8, 4) is 0 Å². The molecule has 0 amide bonds. The van der Waals surface area contributed by atoms with E-state index in [0.717, 1.165) is 23.7 Å². The van der Waals surface area contributed by atoms with Gasteiger partial charge in [0.25, 0.3) is 0 Å². The molecule has 0 aliphatic rings. The van der Waals surface area contributed by atoms with Crippen LogP contribution in [0.5, 0.6) is 0 Å². The summed E-state index contributed by atoms with van der Waals surface area (Å²) < 4.78 is 0. The molecule has 0 aromatic heterocycles. The van der Waals surface area contributed by atoms with Crippen molar-refractivity contribution in [2.24, 2.45) is 0 Å². The number of anilines is 1. The Balaban J connectivity index is 2.03. The molecule has 2 nitrogen and oxygen atoms in total. The van der Waals surface area contributed by atoms with Crippen LogP contribution >= 0.6 is 11.6 Å². The summed E-state index contributed by atoms with van der Waals surface area (Å²) in [6.07, 6.45) is 0. The molecule has 0 radical (unpaired) electrons. The number of nitrogen functional groups attached to an aromatic ring is 1. The third-order valence-electron chi connectivity index (χ3n) is 3.05. The number of nitrogens with two attached hydrogens (primary N) is 1. The maximum Gasteiger partial charge on any atom is 0.0471 e. The lowest BCUT2D eigenvalue weighted by Crippen LogP contribution is -2.17. The fraction of sp³-hybridized carbons (Fsp3) is 0.250. The van der Waals surface area contributed by atoms with Crippen LogP contribution in [-0.2, 0) is 13.1 Å². The van der Waals surface area contributed by atoms with Crippen LogP contribution < -0.4 is 5.73 Å². The average Bonchev–Trinajstić information content (AvgIpc) is 2.33. The van der Waals surface area contributed by atoms with E-state index in [9.17, 15) is 0 Å². The van der Waals surface area contributed by atoms with Crippen LogP contribution in [0.25, 0.3) is 0 Å². The maximum atomic E-state index is 6.20. The van der Waals surface area contributed by atoms with Crippen molar-refractivity contribution in [1.82, 2.24) is 4.90 Å². The van der Waals surface area contributed by atoms with Gasteiger partial charge in [-0.05, 0) is 37.2 Å². The van der Waals surface area contributed by atoms with Gasteiger partial charge in [-0.25, -0.2) is 0 Å². The second-order valence-electron chi connectivity index (χ2n) is 5.01. The molecule has 0 unspecified atom stereocenters. The van der Waals surface area contributed by atoms with Gasteiger partial charge in [0.05, 0.1) is 0 Å². The Morgan fingerprint density at radius 1 is 1.11 bits per heavy atom. The predicted molar refractivity (Wildman–Crippen MR) is 82.2 cm³/mol. The predicted octanol–water partition coefficient (Wildman–Crippen LogP) is 3.86. The van der Waals surface area contributed by atoms with Crippen LogP contribution in [0.3, 0.4) is 0 Å². The van der Waals surface area contributed by atoms with Gasteiger partial charge in [-0.15, -0.1) is 0 Å². The highest BCUT2D eigenvalue weighted by Gasteiger charge is 2.06. The van der Waals surface area contributed by atoms with E-state index in [0.29, 0.717) is 5.69 Å². The molecule has 3 heteroatoms. The van der Waals surface area contributed by atoms with E-state index in [1.165, 1.54) is 11.1 Å². The molecule has 0 saturated carbocycles. The lowest BCUT2D eigenvalue weighted by atomic mass is 10.1. The lowest BCUT2D eigenvalue weighted by molar-refractivity contribution is 0.319. The Hall–Kier alpha value is -1.51. The van der Waals surface area contributed by atoms with Crippen molar-refractivity contribution in [3.05, 3.63) is 64.2 Å². The van der Waals surface area contributed by atoms with Gasteiger partial charge in [0.2, 0.25) is 0 Å². The van der Waals surface area contributed by atoms with Crippen LogP contribution in [0.15, 0.2) is 42.5 Å². The number of rotatable bonds is 4. The molecule has 0 saturated heterocycles. The molecule has 0 atom stereocenters. The van der Waals surface area contributed by atoms with E-state index < -0.39 is 0 Å². The number of benzene rings is 2. The highest BCUT2D eigenvalue weighted by Crippen LogP contribution is 2.21. The maximum absolute atomic E-state index is 6.20. The number of nitrogens with zero attached hydrogens (tertiary/aromatic N) is 1. The van der Waals surface area contributed by atoms with Crippen molar-refractivity contribution in [3.63, 3.8) is 0 Å². The first kappa shape index (κ1) is 13.9. The van der Waals surface area contributed by atoms with E-state index in [-0.39, 0.29) is 0 Å². The second kappa shape index (κ2) is 6.09. The van der Waals surface area contributed by atoms with Crippen molar-refractivity contribution in [2.45, 2.75) is 20.0 Å². The highest BCUT2D eigenvalue weighted by molar-refractivity contribution is 6.31. The molecule has 0 spiro atoms. The van der Waals surface area contributed by atoms with Crippen molar-refractivity contribution >= 4 is 17.3 Å². The summed E-state index contributed by atoms with van der Waals surface area (Å²) in [4.78, 5) is 2.24. The van der Waals surface area contributed by atoms with Gasteiger partial charge in [-0.1, -0.05) is 47.5 Å². The van der Waals surface area contributed by atoms with Gasteiger partial charge >= 0.3 is 0 Å². The summed E-state index contributed by atoms with van der Waals surface area (Å²) in [6.45, 7) is 3.83. The molecule has 0 aliphatic heterocycles. The molecule has 0 aliphatic carbocycles. The second-order valence-corrected chi connectivity index (χ2v) is 5.42. The van der Waals surface area contributed by atoms with Crippen LogP contribution in [0, 0.1) is 6.92 Å². The minimum Gasteiger partial charge on any atom is -0.399 e. The van der Waals surface area contributed by atoms with Gasteiger partial charge in [0, 0.05) is 23.8 Å². The molecular formula is C16H19ClN2. The zero-order valence-corrected chi connectivity index (χ0v) is 12.1. The number of hydrogen-bond acceptors (Lipinski definition) is 2. The summed E-state index contributed by atoms with van der Waals surface area (Å²) >= 11 is 6.20. The zero-order valence-electron chi connectivity index (χ0n) is 11.4. The molecule has 19 heavy (non-hydrogen) atoms. The first-order chi connectivity index (χ1) is 9.04. The van der Waals surface area contributed by atoms with E-state index in [1.54, 1.807) is 6.07 Å². The number of halogens is 1. The van der Waals surface area contributed by atoms with Crippen LogP contribution in [0.1, 0.15) is 16.7 Å². The van der Waals surface area contributed by atoms with Crippen LogP contribution in [0.2, 0.25) is 5.02 Å². The van der Waals surface area contributed by atoms with Crippen LogP contribution in [0.4, 0.5) is 5.69 Å². The third kappa shape index (κ3) is 3.98. The van der Waals surface area contributed by atoms with E-state index in [2.05, 4.69) is 43.1 Å². The van der Waals surface area contributed by atoms with E-state index in [1.807, 2.05) is 12.1 Å². The normalized spacial score (nSPS) is 10.9. The SMILES string of the molecule is Cc1cccc(CN(C)Cc2ccc(N)cc2Cl)c1. The zero-order chi connectivity index (χ0) is 13.8. The van der Waals surface area contributed by atoms with Gasteiger partial charge in [0.1, 0.15) is 0 Å². The number of aryl methyl sites for hydroxylation is 1. The largest absolute Gasteiger partial charge is 0.399 e. The Bertz CT molecular complexity index is 566. The smallest absolute Gasteiger partial charge is 0.0471 e. The van der Waals surface area contributed by atoms with Gasteiger partial charge in [-0.3, -0.25) is 4.90 Å². The summed E-state index contributed by atoms with van der Waals surface area (Å²) in [6, 6.07) is 14.2. The van der Waals surface area contributed by atoms with Gasteiger partial charge in [0.15, 0.2) is 0 Å². The molecule has 0 heterocycles. The quantitative estimate of drug-likeness (QED) is 0.858. The molecule has 0 fully saturated rings. The molecular weight excluding hydrogens is 256 g/mol. The first-order valence-electron chi connectivity index (χ1n) is 6.32. The molecule has 100 valence electrons. The summed E-state index contributed by atoms with van der Waals surface area (Å²) in [5.41, 5.74) is 10.1. The minimum absolute atomic E-state index is 0.704. The van der Waals surface area contributed by atoms with Crippen molar-refractivity contribution in [2.75, 3.05) is 12.8 Å². The van der Waals surface area contributed by atoms with Crippen molar-refractivity contribution in [1.29, 1.82) is 0 Å². The molecule has 0 bridgehead atoms. The molecule has 2 N–H and O–H groups in total. The molecule has 2 rings (SSSR count). The van der Waals surface area contributed by atoms with Crippen LogP contribution in [-0.4, -0.2) is 11.9 Å². The Morgan fingerprint density at radius 2 is 1.89 bits per heavy atom. The third-order valence-corrected chi connectivity index (χ3v) is 3.40.